The summed E-state index contributed by atoms with van der Waals surface area (Å²) in [6, 6.07) is 15.7. The van der Waals surface area contributed by atoms with Gasteiger partial charge in [-0.15, -0.1) is 0 Å². The number of carboxylic acid groups (broad SMARTS) is 1. The highest BCUT2D eigenvalue weighted by Gasteiger charge is 2.15. The highest BCUT2D eigenvalue weighted by atomic mass is 79.9. The Labute approximate surface area is 130 Å². The Morgan fingerprint density at radius 3 is 2.24 bits per heavy atom. The van der Waals surface area contributed by atoms with Gasteiger partial charge in [0.15, 0.2) is 0 Å². The molecule has 1 amide bonds. The fourth-order valence-electron chi connectivity index (χ4n) is 1.70. The minimum Gasteiger partial charge on any atom is -0.477 e. The molecule has 0 radical (unpaired) electrons. The van der Waals surface area contributed by atoms with Crippen molar-refractivity contribution < 1.29 is 14.7 Å². The SMILES string of the molecule is O=C(O)/C(=C/c1ccccc1)NC(=O)c1ccccc1Br. The first-order chi connectivity index (χ1) is 10.1. The van der Waals surface area contributed by atoms with Gasteiger partial charge >= 0.3 is 5.97 Å². The molecule has 4 nitrogen and oxygen atoms in total. The van der Waals surface area contributed by atoms with Gasteiger partial charge in [0.05, 0.1) is 5.56 Å². The molecule has 0 saturated carbocycles. The Kier molecular flexibility index (Phi) is 4.90. The largest absolute Gasteiger partial charge is 0.477 e. The van der Waals surface area contributed by atoms with E-state index in [2.05, 4.69) is 21.2 Å². The summed E-state index contributed by atoms with van der Waals surface area (Å²) in [4.78, 5) is 23.4. The monoisotopic (exact) mass is 345 g/mol. The standard InChI is InChI=1S/C16H12BrNO3/c17-13-9-5-4-8-12(13)15(19)18-14(16(20)21)10-11-6-2-1-3-7-11/h1-10H,(H,18,19)(H,20,21)/b14-10-. The summed E-state index contributed by atoms with van der Waals surface area (Å²) in [5.74, 6) is -1.67. The van der Waals surface area contributed by atoms with Gasteiger partial charge in [0.1, 0.15) is 5.70 Å². The van der Waals surface area contributed by atoms with Crippen molar-refractivity contribution in [2.45, 2.75) is 0 Å². The first-order valence-electron chi connectivity index (χ1n) is 6.14. The van der Waals surface area contributed by atoms with Crippen LogP contribution < -0.4 is 5.32 Å². The van der Waals surface area contributed by atoms with Crippen LogP contribution in [0.2, 0.25) is 0 Å². The molecule has 0 atom stereocenters. The normalized spacial score (nSPS) is 11.0. The van der Waals surface area contributed by atoms with Gasteiger partial charge in [-0.2, -0.15) is 0 Å². The molecular weight excluding hydrogens is 334 g/mol. The molecule has 0 aliphatic carbocycles. The van der Waals surface area contributed by atoms with Gasteiger partial charge in [-0.3, -0.25) is 4.79 Å². The van der Waals surface area contributed by atoms with Crippen LogP contribution in [-0.2, 0) is 4.79 Å². The third kappa shape index (κ3) is 4.03. The van der Waals surface area contributed by atoms with Crippen LogP contribution in [0.1, 0.15) is 15.9 Å². The molecule has 5 heteroatoms. The van der Waals surface area contributed by atoms with Crippen molar-refractivity contribution in [3.05, 3.63) is 75.9 Å². The van der Waals surface area contributed by atoms with Gasteiger partial charge in [-0.05, 0) is 39.7 Å². The van der Waals surface area contributed by atoms with Crippen molar-refractivity contribution in [2.75, 3.05) is 0 Å². The molecule has 0 bridgehead atoms. The minimum absolute atomic E-state index is 0.179. The molecule has 0 aliphatic heterocycles. The molecule has 2 N–H and O–H groups in total. The van der Waals surface area contributed by atoms with Gasteiger partial charge in [0.25, 0.3) is 5.91 Å². The van der Waals surface area contributed by atoms with Crippen LogP contribution in [0.4, 0.5) is 0 Å². The fraction of sp³-hybridized carbons (Fsp3) is 0. The molecule has 106 valence electrons. The lowest BCUT2D eigenvalue weighted by molar-refractivity contribution is -0.132. The van der Waals surface area contributed by atoms with Crippen LogP contribution in [0.25, 0.3) is 6.08 Å². The van der Waals surface area contributed by atoms with E-state index in [0.29, 0.717) is 15.6 Å². The molecule has 2 rings (SSSR count). The van der Waals surface area contributed by atoms with E-state index in [0.717, 1.165) is 0 Å². The maximum atomic E-state index is 12.1. The fourth-order valence-corrected chi connectivity index (χ4v) is 2.17. The number of carboxylic acids is 1. The molecule has 0 saturated heterocycles. The van der Waals surface area contributed by atoms with Crippen molar-refractivity contribution in [3.8, 4) is 0 Å². The molecule has 0 aliphatic rings. The Morgan fingerprint density at radius 2 is 1.62 bits per heavy atom. The van der Waals surface area contributed by atoms with Gasteiger partial charge < -0.3 is 10.4 Å². The van der Waals surface area contributed by atoms with Crippen LogP contribution in [0, 0.1) is 0 Å². The Bertz CT molecular complexity index is 696. The topological polar surface area (TPSA) is 66.4 Å². The Hall–Kier alpha value is -2.40. The molecular formula is C16H12BrNO3. The zero-order valence-corrected chi connectivity index (χ0v) is 12.5. The maximum absolute atomic E-state index is 12.1. The third-order valence-electron chi connectivity index (χ3n) is 2.71. The zero-order valence-electron chi connectivity index (χ0n) is 10.9. The Morgan fingerprint density at radius 1 is 1.00 bits per heavy atom. The molecule has 0 aromatic heterocycles. The molecule has 0 unspecified atom stereocenters. The second kappa shape index (κ2) is 6.85. The lowest BCUT2D eigenvalue weighted by Gasteiger charge is -2.07. The summed E-state index contributed by atoms with van der Waals surface area (Å²) in [5, 5.41) is 11.6. The number of carbonyl (C=O) groups is 2. The quantitative estimate of drug-likeness (QED) is 0.835. The molecule has 2 aromatic carbocycles. The number of nitrogens with one attached hydrogen (secondary N) is 1. The van der Waals surface area contributed by atoms with E-state index in [1.54, 1.807) is 48.5 Å². The number of hydrogen-bond donors (Lipinski definition) is 2. The van der Waals surface area contributed by atoms with E-state index < -0.39 is 11.9 Å². The van der Waals surface area contributed by atoms with Crippen molar-refractivity contribution in [2.24, 2.45) is 0 Å². The molecule has 0 heterocycles. The van der Waals surface area contributed by atoms with Crippen molar-refractivity contribution >= 4 is 33.9 Å². The van der Waals surface area contributed by atoms with Crippen molar-refractivity contribution in [1.82, 2.24) is 5.32 Å². The predicted octanol–water partition coefficient (Wildman–Crippen LogP) is 3.30. The van der Waals surface area contributed by atoms with Crippen LogP contribution >= 0.6 is 15.9 Å². The van der Waals surface area contributed by atoms with E-state index >= 15 is 0 Å². The van der Waals surface area contributed by atoms with E-state index in [1.807, 2.05) is 6.07 Å². The summed E-state index contributed by atoms with van der Waals surface area (Å²) >= 11 is 3.26. The molecule has 0 spiro atoms. The van der Waals surface area contributed by atoms with Crippen LogP contribution in [-0.4, -0.2) is 17.0 Å². The third-order valence-corrected chi connectivity index (χ3v) is 3.40. The first-order valence-corrected chi connectivity index (χ1v) is 6.93. The van der Waals surface area contributed by atoms with Crippen molar-refractivity contribution in [1.29, 1.82) is 0 Å². The number of amides is 1. The summed E-state index contributed by atoms with van der Waals surface area (Å²) < 4.78 is 0.604. The van der Waals surface area contributed by atoms with E-state index in [4.69, 9.17) is 0 Å². The van der Waals surface area contributed by atoms with Crippen molar-refractivity contribution in [3.63, 3.8) is 0 Å². The average molecular weight is 346 g/mol. The number of carbonyl (C=O) groups excluding carboxylic acids is 1. The summed E-state index contributed by atoms with van der Waals surface area (Å²) in [5.41, 5.74) is 0.891. The van der Waals surface area contributed by atoms with E-state index in [-0.39, 0.29) is 5.70 Å². The minimum atomic E-state index is -1.20. The zero-order chi connectivity index (χ0) is 15.2. The number of halogens is 1. The second-order valence-electron chi connectivity index (χ2n) is 4.21. The second-order valence-corrected chi connectivity index (χ2v) is 5.06. The van der Waals surface area contributed by atoms with Gasteiger partial charge in [-0.1, -0.05) is 42.5 Å². The van der Waals surface area contributed by atoms with Gasteiger partial charge in [0.2, 0.25) is 0 Å². The highest BCUT2D eigenvalue weighted by molar-refractivity contribution is 9.10. The van der Waals surface area contributed by atoms with Crippen LogP contribution in [0.5, 0.6) is 0 Å². The average Bonchev–Trinajstić information content (AvgIpc) is 2.48. The van der Waals surface area contributed by atoms with Gasteiger partial charge in [0, 0.05) is 4.47 Å². The molecule has 2 aromatic rings. The summed E-state index contributed by atoms with van der Waals surface area (Å²) in [6.45, 7) is 0. The number of aliphatic carboxylic acids is 1. The lowest BCUT2D eigenvalue weighted by atomic mass is 10.1. The number of benzene rings is 2. The van der Waals surface area contributed by atoms with Gasteiger partial charge in [-0.25, -0.2) is 4.79 Å². The number of hydrogen-bond acceptors (Lipinski definition) is 2. The summed E-state index contributed by atoms with van der Waals surface area (Å²) in [7, 11) is 0. The lowest BCUT2D eigenvalue weighted by Crippen LogP contribution is -2.27. The summed E-state index contributed by atoms with van der Waals surface area (Å²) in [6.07, 6.45) is 1.41. The highest BCUT2D eigenvalue weighted by Crippen LogP contribution is 2.16. The van der Waals surface area contributed by atoms with Crippen LogP contribution in [0.15, 0.2) is 64.8 Å². The molecule has 0 fully saturated rings. The van der Waals surface area contributed by atoms with Crippen LogP contribution in [0.3, 0.4) is 0 Å². The van der Waals surface area contributed by atoms with E-state index in [9.17, 15) is 14.7 Å². The Balaban J connectivity index is 2.26. The smallest absolute Gasteiger partial charge is 0.352 e. The molecule has 21 heavy (non-hydrogen) atoms. The predicted molar refractivity (Wildman–Crippen MR) is 83.7 cm³/mol. The number of rotatable bonds is 4. The first kappa shape index (κ1) is 15.0. The van der Waals surface area contributed by atoms with E-state index in [1.165, 1.54) is 6.08 Å². The maximum Gasteiger partial charge on any atom is 0.352 e.